The lowest BCUT2D eigenvalue weighted by molar-refractivity contribution is -0.322. The van der Waals surface area contributed by atoms with Crippen molar-refractivity contribution < 1.29 is 85.2 Å². The van der Waals surface area contributed by atoms with Gasteiger partial charge < -0.3 is 75.6 Å². The number of carbonyl (C=O) groups is 5. The molecule has 65 heavy (non-hydrogen) atoms. The summed E-state index contributed by atoms with van der Waals surface area (Å²) in [6.07, 6.45) is -10.3. The summed E-state index contributed by atoms with van der Waals surface area (Å²) in [6.45, 7) is 4.70. The van der Waals surface area contributed by atoms with Crippen molar-refractivity contribution in [2.45, 2.75) is 151 Å². The second-order valence-corrected chi connectivity index (χ2v) is 18.4. The standard InChI is InChI=1S/C39H63N7O18S/c1-5-6-7-8-26(47)60-17-24-28(48)29(49)30(50)36(63-24)62-21-14-23-32(51)39(15-21)31(44-38(55)64-39)27(34(53)42-11-9-20-10-12-45(16-20)37(40)41)46(23)35(54)22(13-19(2)3)43-33(52)25(59-4)18-61-65(56,57)58/h10,19,21-25,27-32,36,48-51H,5-9,11-18H2,1-4H3,(H3,40,41)(H,42,53)(H,43,52)(H,44,55)(H,56,57,58). The lowest BCUT2D eigenvalue weighted by atomic mass is 9.66. The summed E-state index contributed by atoms with van der Waals surface area (Å²) in [6, 6.07) is -5.99. The number of likely N-dealkylation sites (tertiary alicyclic amines) is 1. The van der Waals surface area contributed by atoms with E-state index in [1.165, 1.54) is 0 Å². The number of carbonyl (C=O) groups excluding carboxylic acids is 5. The van der Waals surface area contributed by atoms with Crippen molar-refractivity contribution >= 4 is 46.1 Å². The number of aliphatic hydroxyl groups excluding tert-OH is 4. The van der Waals surface area contributed by atoms with Gasteiger partial charge in [-0.25, -0.2) is 8.98 Å². The Labute approximate surface area is 376 Å². The van der Waals surface area contributed by atoms with Gasteiger partial charge in [-0.2, -0.15) is 8.42 Å². The van der Waals surface area contributed by atoms with E-state index in [0.717, 1.165) is 30.4 Å². The minimum Gasteiger partial charge on any atom is -0.463 e. The third-order valence-electron chi connectivity index (χ3n) is 12.2. The van der Waals surface area contributed by atoms with E-state index in [2.05, 4.69) is 20.1 Å². The number of amides is 4. The molecule has 13 unspecified atom stereocenters. The maximum atomic E-state index is 15.1. The summed E-state index contributed by atoms with van der Waals surface area (Å²) >= 11 is 0. The minimum absolute atomic E-state index is 0.0260. The van der Waals surface area contributed by atoms with Gasteiger partial charge in [0.2, 0.25) is 11.8 Å². The monoisotopic (exact) mass is 949 g/mol. The quantitative estimate of drug-likeness (QED) is 0.0136. The summed E-state index contributed by atoms with van der Waals surface area (Å²) in [4.78, 5) is 71.4. The third-order valence-corrected chi connectivity index (χ3v) is 12.7. The van der Waals surface area contributed by atoms with E-state index < -0.39 is 132 Å². The Morgan fingerprint density at radius 1 is 1.12 bits per heavy atom. The second-order valence-electron chi connectivity index (χ2n) is 17.3. The van der Waals surface area contributed by atoms with Crippen LogP contribution in [-0.4, -0.2) is 198 Å². The van der Waals surface area contributed by atoms with Gasteiger partial charge in [0, 0.05) is 39.6 Å². The largest absolute Gasteiger partial charge is 0.463 e. The molecule has 5 rings (SSSR count). The Hall–Kier alpha value is -4.25. The van der Waals surface area contributed by atoms with Crippen LogP contribution in [0.15, 0.2) is 11.6 Å². The zero-order valence-electron chi connectivity index (χ0n) is 36.7. The van der Waals surface area contributed by atoms with Crippen molar-refractivity contribution in [3.63, 3.8) is 0 Å². The van der Waals surface area contributed by atoms with E-state index in [9.17, 15) is 48.0 Å². The van der Waals surface area contributed by atoms with Gasteiger partial charge in [-0.3, -0.25) is 29.1 Å². The predicted molar refractivity (Wildman–Crippen MR) is 221 cm³/mol. The number of nitrogens with two attached hydrogens (primary N) is 1. The van der Waals surface area contributed by atoms with Crippen LogP contribution in [0.3, 0.4) is 0 Å². The number of hydrogen-bond acceptors (Lipinski definition) is 18. The second kappa shape index (κ2) is 22.0. The number of guanidine groups is 1. The molecule has 4 fully saturated rings. The van der Waals surface area contributed by atoms with Crippen LogP contribution in [0, 0.1) is 11.3 Å². The molecular weight excluding hydrogens is 887 g/mol. The van der Waals surface area contributed by atoms with Gasteiger partial charge in [-0.1, -0.05) is 45.3 Å². The number of fused-ring (bicyclic) bond motifs is 1. The summed E-state index contributed by atoms with van der Waals surface area (Å²) in [5.41, 5.74) is 4.52. The van der Waals surface area contributed by atoms with Gasteiger partial charge in [0.25, 0.3) is 5.91 Å². The molecule has 5 aliphatic rings. The molecule has 11 N–H and O–H groups in total. The first-order valence-electron chi connectivity index (χ1n) is 21.6. The molecule has 25 nitrogen and oxygen atoms in total. The molecule has 368 valence electrons. The Morgan fingerprint density at radius 2 is 1.85 bits per heavy atom. The van der Waals surface area contributed by atoms with Crippen LogP contribution in [0.2, 0.25) is 0 Å². The number of methoxy groups -OCH3 is 1. The summed E-state index contributed by atoms with van der Waals surface area (Å²) in [5, 5.41) is 60.4. The Balaban J connectivity index is 1.46. The Kier molecular flexibility index (Phi) is 17.5. The number of alkyl carbamates (subject to hydrolysis) is 1. The Bertz CT molecular complexity index is 1890. The maximum absolute atomic E-state index is 15.1. The van der Waals surface area contributed by atoms with E-state index in [-0.39, 0.29) is 44.1 Å². The van der Waals surface area contributed by atoms with Crippen LogP contribution in [0.1, 0.15) is 72.1 Å². The zero-order chi connectivity index (χ0) is 48.0. The number of nitrogens with zero attached hydrogens (tertiary/aromatic N) is 2. The molecule has 1 spiro atoms. The fourth-order valence-electron chi connectivity index (χ4n) is 8.96. The van der Waals surface area contributed by atoms with Crippen molar-refractivity contribution in [3.05, 3.63) is 11.6 Å². The number of esters is 1. The SMILES string of the molecule is CCCCCC(=O)OCC1OC(OC2CC3C(O)C4(C2)OC(=O)NC4C(C(=O)NCCC2=CCN(C(=N)N)C2)N3C(=O)C(CC(C)C)NC(=O)C(COS(=O)(=O)O)OC)C(O)C(O)C1O. The summed E-state index contributed by atoms with van der Waals surface area (Å²) in [7, 11) is -3.95. The molecule has 26 heteroatoms. The van der Waals surface area contributed by atoms with E-state index in [1.54, 1.807) is 18.7 Å². The molecule has 0 aromatic carbocycles. The highest BCUT2D eigenvalue weighted by molar-refractivity contribution is 7.80. The third kappa shape index (κ3) is 12.4. The minimum atomic E-state index is -5.01. The summed E-state index contributed by atoms with van der Waals surface area (Å²) in [5.74, 6) is -3.77. The number of unbranched alkanes of at least 4 members (excludes halogenated alkanes) is 2. The van der Waals surface area contributed by atoms with Gasteiger partial charge in [0.05, 0.1) is 12.1 Å². The fraction of sp³-hybridized carbons (Fsp3) is 0.795. The highest BCUT2D eigenvalue weighted by Gasteiger charge is 2.70. The summed E-state index contributed by atoms with van der Waals surface area (Å²) < 4.78 is 64.2. The Morgan fingerprint density at radius 3 is 2.48 bits per heavy atom. The van der Waals surface area contributed by atoms with Crippen LogP contribution in [0.25, 0.3) is 0 Å². The lowest BCUT2D eigenvalue weighted by Crippen LogP contribution is -2.80. The molecule has 0 aromatic rings. The molecule has 4 amide bonds. The molecule has 3 saturated heterocycles. The van der Waals surface area contributed by atoms with Crippen molar-refractivity contribution in [3.8, 4) is 0 Å². The van der Waals surface area contributed by atoms with E-state index in [1.807, 2.05) is 13.0 Å². The molecule has 1 saturated carbocycles. The predicted octanol–water partition coefficient (Wildman–Crippen LogP) is -3.11. The van der Waals surface area contributed by atoms with Crippen LogP contribution in [0.5, 0.6) is 0 Å². The number of piperidine rings is 1. The van der Waals surface area contributed by atoms with E-state index in [4.69, 9.17) is 39.4 Å². The van der Waals surface area contributed by atoms with Crippen molar-refractivity contribution in [2.75, 3.05) is 40.0 Å². The molecule has 0 radical (unpaired) electrons. The molecule has 4 aliphatic heterocycles. The van der Waals surface area contributed by atoms with E-state index >= 15 is 4.79 Å². The smallest absolute Gasteiger partial charge is 0.408 e. The number of hydrogen-bond donors (Lipinski definition) is 10. The molecule has 1 aliphatic carbocycles. The van der Waals surface area contributed by atoms with Crippen molar-refractivity contribution in [1.82, 2.24) is 25.8 Å². The highest BCUT2D eigenvalue weighted by atomic mass is 32.3. The molecule has 13 atom stereocenters. The number of ether oxygens (including phenoxy) is 5. The lowest BCUT2D eigenvalue weighted by Gasteiger charge is -2.58. The molecule has 2 bridgehead atoms. The number of nitrogens with one attached hydrogen (secondary N) is 4. The molecular formula is C39H63N7O18S. The van der Waals surface area contributed by atoms with Crippen LogP contribution >= 0.6 is 0 Å². The van der Waals surface area contributed by atoms with Crippen molar-refractivity contribution in [2.24, 2.45) is 11.7 Å². The maximum Gasteiger partial charge on any atom is 0.408 e. The fourth-order valence-corrected chi connectivity index (χ4v) is 9.26. The van der Waals surface area contributed by atoms with Crippen LogP contribution in [0.4, 0.5) is 4.79 Å². The normalized spacial score (nSPS) is 31.8. The molecule has 4 heterocycles. The average molecular weight is 950 g/mol. The highest BCUT2D eigenvalue weighted by Crippen LogP contribution is 2.48. The van der Waals surface area contributed by atoms with Gasteiger partial charge in [0.1, 0.15) is 61.9 Å². The van der Waals surface area contributed by atoms with Gasteiger partial charge >= 0.3 is 22.5 Å². The first kappa shape index (κ1) is 51.7. The van der Waals surface area contributed by atoms with Crippen LogP contribution < -0.4 is 21.7 Å². The first-order valence-corrected chi connectivity index (χ1v) is 23.0. The van der Waals surface area contributed by atoms with E-state index in [0.29, 0.717) is 25.9 Å². The molecule has 0 aromatic heterocycles. The topological polar surface area (TPSA) is 368 Å². The first-order chi connectivity index (χ1) is 30.6. The average Bonchev–Trinajstić information content (AvgIpc) is 3.84. The van der Waals surface area contributed by atoms with Crippen molar-refractivity contribution in [1.29, 1.82) is 5.41 Å². The van der Waals surface area contributed by atoms with Crippen LogP contribution in [-0.2, 0) is 57.4 Å². The van der Waals surface area contributed by atoms with Gasteiger partial charge in [-0.15, -0.1) is 0 Å². The zero-order valence-corrected chi connectivity index (χ0v) is 37.5. The number of rotatable bonds is 21. The number of aliphatic hydroxyl groups is 4. The van der Waals surface area contributed by atoms with Gasteiger partial charge in [0.15, 0.2) is 24.0 Å². The van der Waals surface area contributed by atoms with Gasteiger partial charge in [-0.05, 0) is 31.6 Å².